The van der Waals surface area contributed by atoms with Crippen LogP contribution in [0.15, 0.2) is 54.9 Å². The quantitative estimate of drug-likeness (QED) is 0.525. The van der Waals surface area contributed by atoms with Gasteiger partial charge in [0.1, 0.15) is 5.82 Å². The molecule has 0 aliphatic carbocycles. The van der Waals surface area contributed by atoms with Crippen molar-refractivity contribution in [3.05, 3.63) is 59.9 Å². The lowest BCUT2D eigenvalue weighted by Gasteiger charge is -2.16. The van der Waals surface area contributed by atoms with Gasteiger partial charge < -0.3 is 15.5 Å². The zero-order valence-corrected chi connectivity index (χ0v) is 17.3. The van der Waals surface area contributed by atoms with E-state index in [4.69, 9.17) is 11.6 Å². The summed E-state index contributed by atoms with van der Waals surface area (Å²) in [6.45, 7) is 2.37. The highest BCUT2D eigenvalue weighted by atomic mass is 35.5. The predicted octanol–water partition coefficient (Wildman–Crippen LogP) is 4.36. The van der Waals surface area contributed by atoms with E-state index in [-0.39, 0.29) is 5.91 Å². The van der Waals surface area contributed by atoms with E-state index < -0.39 is 0 Å². The molecular weight excluding hydrogens is 400 g/mol. The molecular formula is C22H23ClN6O. The van der Waals surface area contributed by atoms with Crippen LogP contribution in [-0.2, 0) is 4.79 Å². The maximum Gasteiger partial charge on any atom is 0.227 e. The maximum atomic E-state index is 11.7. The molecule has 0 saturated carbocycles. The lowest BCUT2D eigenvalue weighted by atomic mass is 10.2. The van der Waals surface area contributed by atoms with Gasteiger partial charge in [-0.05, 0) is 49.2 Å². The first-order valence-electron chi connectivity index (χ1n) is 10.0. The lowest BCUT2D eigenvalue weighted by molar-refractivity contribution is -0.127. The van der Waals surface area contributed by atoms with E-state index in [0.717, 1.165) is 55.2 Å². The summed E-state index contributed by atoms with van der Waals surface area (Å²) in [5.41, 5.74) is 2.48. The fraction of sp³-hybridized carbons (Fsp3) is 0.273. The molecule has 0 atom stereocenters. The molecule has 8 heteroatoms. The number of nitrogens with one attached hydrogen (secondary N) is 2. The molecule has 0 unspecified atom stereocenters. The van der Waals surface area contributed by atoms with Crippen molar-refractivity contribution in [2.45, 2.75) is 19.3 Å². The number of carbonyl (C=O) groups excluding carboxylic acids is 1. The van der Waals surface area contributed by atoms with Crippen molar-refractivity contribution in [3.8, 4) is 11.3 Å². The summed E-state index contributed by atoms with van der Waals surface area (Å²) in [5.74, 6) is 1.50. The minimum absolute atomic E-state index is 0.259. The Kier molecular flexibility index (Phi) is 6.39. The normalized spacial score (nSPS) is 13.5. The van der Waals surface area contributed by atoms with Crippen LogP contribution in [0.25, 0.3) is 11.3 Å². The Bertz CT molecular complexity index is 1030. The van der Waals surface area contributed by atoms with Gasteiger partial charge in [-0.2, -0.15) is 0 Å². The van der Waals surface area contributed by atoms with Crippen LogP contribution in [0, 0.1) is 0 Å². The number of carbonyl (C=O) groups is 1. The third-order valence-electron chi connectivity index (χ3n) is 4.89. The van der Waals surface area contributed by atoms with Crippen LogP contribution in [0.1, 0.15) is 19.3 Å². The van der Waals surface area contributed by atoms with E-state index in [1.807, 2.05) is 47.4 Å². The number of benzene rings is 1. The van der Waals surface area contributed by atoms with Crippen LogP contribution >= 0.6 is 11.6 Å². The topological polar surface area (TPSA) is 83.0 Å². The summed E-state index contributed by atoms with van der Waals surface area (Å²) in [4.78, 5) is 27.1. The van der Waals surface area contributed by atoms with Crippen LogP contribution in [0.2, 0.25) is 5.02 Å². The molecule has 2 N–H and O–H groups in total. The highest BCUT2D eigenvalue weighted by Crippen LogP contribution is 2.26. The van der Waals surface area contributed by atoms with Crippen molar-refractivity contribution >= 4 is 35.0 Å². The molecule has 154 valence electrons. The van der Waals surface area contributed by atoms with Gasteiger partial charge in [0.15, 0.2) is 0 Å². The van der Waals surface area contributed by atoms with Crippen molar-refractivity contribution in [1.82, 2.24) is 19.9 Å². The smallest absolute Gasteiger partial charge is 0.227 e. The van der Waals surface area contributed by atoms with Gasteiger partial charge in [0.05, 0.1) is 5.69 Å². The third-order valence-corrected chi connectivity index (χ3v) is 5.12. The zero-order chi connectivity index (χ0) is 20.8. The fourth-order valence-corrected chi connectivity index (χ4v) is 3.62. The molecule has 1 aromatic carbocycles. The molecule has 1 aliphatic rings. The Morgan fingerprint density at radius 3 is 2.87 bits per heavy atom. The van der Waals surface area contributed by atoms with Gasteiger partial charge in [-0.25, -0.2) is 15.0 Å². The minimum atomic E-state index is 0.259. The van der Waals surface area contributed by atoms with Crippen molar-refractivity contribution < 1.29 is 4.79 Å². The second kappa shape index (κ2) is 9.54. The second-order valence-corrected chi connectivity index (χ2v) is 7.50. The van der Waals surface area contributed by atoms with E-state index in [9.17, 15) is 4.79 Å². The molecule has 0 radical (unpaired) electrons. The van der Waals surface area contributed by atoms with Gasteiger partial charge in [-0.15, -0.1) is 0 Å². The average molecular weight is 423 g/mol. The van der Waals surface area contributed by atoms with Crippen molar-refractivity contribution in [1.29, 1.82) is 0 Å². The fourth-order valence-electron chi connectivity index (χ4n) is 3.43. The Balaban J connectivity index is 1.43. The Hall–Kier alpha value is -3.19. The predicted molar refractivity (Wildman–Crippen MR) is 119 cm³/mol. The number of aromatic nitrogens is 3. The number of hydrogen-bond acceptors (Lipinski definition) is 6. The van der Waals surface area contributed by atoms with Crippen molar-refractivity contribution in [2.75, 3.05) is 30.3 Å². The Morgan fingerprint density at radius 1 is 1.10 bits per heavy atom. The summed E-state index contributed by atoms with van der Waals surface area (Å²) in [6, 6.07) is 13.1. The van der Waals surface area contributed by atoms with Gasteiger partial charge >= 0.3 is 0 Å². The number of amides is 1. The molecule has 1 amide bonds. The van der Waals surface area contributed by atoms with Crippen LogP contribution in [0.5, 0.6) is 0 Å². The minimum Gasteiger partial charge on any atom is -0.369 e. The molecule has 1 aliphatic heterocycles. The number of rotatable bonds is 8. The average Bonchev–Trinajstić information content (AvgIpc) is 3.16. The van der Waals surface area contributed by atoms with E-state index in [2.05, 4.69) is 25.6 Å². The molecule has 3 aromatic rings. The summed E-state index contributed by atoms with van der Waals surface area (Å²) in [5, 5.41) is 7.20. The number of hydrogen-bond donors (Lipinski definition) is 2. The number of halogens is 1. The first kappa shape index (κ1) is 20.1. The summed E-state index contributed by atoms with van der Waals surface area (Å²) in [7, 11) is 0. The van der Waals surface area contributed by atoms with Crippen LogP contribution in [-0.4, -0.2) is 45.4 Å². The largest absolute Gasteiger partial charge is 0.369 e. The third kappa shape index (κ3) is 5.04. The number of nitrogens with zero attached hydrogens (tertiary/aromatic N) is 4. The molecule has 7 nitrogen and oxygen atoms in total. The molecule has 1 fully saturated rings. The monoisotopic (exact) mass is 422 g/mol. The van der Waals surface area contributed by atoms with E-state index in [1.165, 1.54) is 0 Å². The molecule has 4 rings (SSSR count). The molecule has 3 heterocycles. The SMILES string of the molecule is O=C1CCCN1CCCNc1ncccc1-c1ccnc(Nc2cccc(Cl)c2)n1. The highest BCUT2D eigenvalue weighted by molar-refractivity contribution is 6.30. The van der Waals surface area contributed by atoms with E-state index >= 15 is 0 Å². The number of anilines is 3. The number of pyridine rings is 1. The first-order chi connectivity index (χ1) is 14.7. The summed E-state index contributed by atoms with van der Waals surface area (Å²) >= 11 is 6.05. The Labute approximate surface area is 180 Å². The van der Waals surface area contributed by atoms with E-state index in [1.54, 1.807) is 12.4 Å². The number of likely N-dealkylation sites (tertiary alicyclic amines) is 1. The summed E-state index contributed by atoms with van der Waals surface area (Å²) in [6.07, 6.45) is 5.98. The van der Waals surface area contributed by atoms with Crippen LogP contribution in [0.3, 0.4) is 0 Å². The molecule has 30 heavy (non-hydrogen) atoms. The van der Waals surface area contributed by atoms with Gasteiger partial charge in [-0.1, -0.05) is 17.7 Å². The maximum absolute atomic E-state index is 11.7. The second-order valence-electron chi connectivity index (χ2n) is 7.07. The molecule has 2 aromatic heterocycles. The summed E-state index contributed by atoms with van der Waals surface area (Å²) < 4.78 is 0. The highest BCUT2D eigenvalue weighted by Gasteiger charge is 2.19. The van der Waals surface area contributed by atoms with Gasteiger partial charge in [0.25, 0.3) is 0 Å². The standard InChI is InChI=1S/C22H23ClN6O/c23-16-5-1-6-17(15-16)27-22-26-12-9-19(28-22)18-7-2-10-24-21(18)25-11-4-14-29-13-3-8-20(29)30/h1-2,5-7,9-10,12,15H,3-4,8,11,13-14H2,(H,24,25)(H,26,27,28). The zero-order valence-electron chi connectivity index (χ0n) is 16.5. The first-order valence-corrected chi connectivity index (χ1v) is 10.4. The molecule has 1 saturated heterocycles. The van der Waals surface area contributed by atoms with Crippen LogP contribution < -0.4 is 10.6 Å². The molecule has 0 bridgehead atoms. The molecule has 0 spiro atoms. The van der Waals surface area contributed by atoms with Gasteiger partial charge in [0.2, 0.25) is 11.9 Å². The van der Waals surface area contributed by atoms with Gasteiger partial charge in [-0.3, -0.25) is 4.79 Å². The van der Waals surface area contributed by atoms with Crippen molar-refractivity contribution in [3.63, 3.8) is 0 Å². The van der Waals surface area contributed by atoms with Gasteiger partial charge in [0, 0.05) is 54.7 Å². The van der Waals surface area contributed by atoms with E-state index in [0.29, 0.717) is 17.4 Å². The van der Waals surface area contributed by atoms with Crippen LogP contribution in [0.4, 0.5) is 17.5 Å². The lowest BCUT2D eigenvalue weighted by Crippen LogP contribution is -2.27. The van der Waals surface area contributed by atoms with Crippen molar-refractivity contribution in [2.24, 2.45) is 0 Å². The Morgan fingerprint density at radius 2 is 2.03 bits per heavy atom.